The average Bonchev–Trinajstić information content (AvgIpc) is 2.28. The van der Waals surface area contributed by atoms with Gasteiger partial charge in [-0.3, -0.25) is 0 Å². The highest BCUT2D eigenvalue weighted by molar-refractivity contribution is 6.95. The van der Waals surface area contributed by atoms with E-state index >= 15 is 0 Å². The van der Waals surface area contributed by atoms with Crippen LogP contribution in [0.2, 0.25) is 13.1 Å². The van der Waals surface area contributed by atoms with Crippen molar-refractivity contribution < 1.29 is 10.2 Å². The van der Waals surface area contributed by atoms with Crippen molar-refractivity contribution in [2.75, 3.05) is 6.61 Å². The molecule has 0 saturated carbocycles. The fourth-order valence-corrected chi connectivity index (χ4v) is 3.89. The van der Waals surface area contributed by atoms with Crippen molar-refractivity contribution in [2.45, 2.75) is 19.2 Å². The van der Waals surface area contributed by atoms with E-state index in [2.05, 4.69) is 31.8 Å². The van der Waals surface area contributed by atoms with E-state index in [1.165, 1.54) is 5.19 Å². The molecule has 15 heavy (non-hydrogen) atoms. The maximum absolute atomic E-state index is 9.61. The van der Waals surface area contributed by atoms with Gasteiger partial charge in [-0.15, -0.1) is 6.58 Å². The van der Waals surface area contributed by atoms with Gasteiger partial charge in [-0.25, -0.2) is 0 Å². The van der Waals surface area contributed by atoms with Crippen LogP contribution >= 0.6 is 0 Å². The number of hydrogen-bond acceptors (Lipinski definition) is 2. The topological polar surface area (TPSA) is 40.5 Å². The minimum atomic E-state index is -1.87. The van der Waals surface area contributed by atoms with Crippen LogP contribution in [0, 0.1) is 0 Å². The first-order chi connectivity index (χ1) is 7.00. The summed E-state index contributed by atoms with van der Waals surface area (Å²) in [6.07, 6.45) is -0.799. The Bertz CT molecular complexity index is 333. The monoisotopic (exact) mass is 222 g/mol. The van der Waals surface area contributed by atoms with Crippen LogP contribution in [0.1, 0.15) is 0 Å². The summed E-state index contributed by atoms with van der Waals surface area (Å²) < 4.78 is 0. The van der Waals surface area contributed by atoms with Crippen LogP contribution in [-0.4, -0.2) is 31.0 Å². The lowest BCUT2D eigenvalue weighted by molar-refractivity contribution is 0.127. The van der Waals surface area contributed by atoms with E-state index in [4.69, 9.17) is 5.11 Å². The van der Waals surface area contributed by atoms with Crippen molar-refractivity contribution in [3.63, 3.8) is 0 Å². The average molecular weight is 222 g/mol. The molecule has 0 spiro atoms. The molecule has 0 fully saturated rings. The normalized spacial score (nSPS) is 13.6. The number of benzene rings is 1. The third kappa shape index (κ3) is 2.56. The maximum atomic E-state index is 9.61. The molecule has 0 heterocycles. The third-order valence-electron chi connectivity index (χ3n) is 2.87. The predicted molar refractivity (Wildman–Crippen MR) is 65.8 cm³/mol. The zero-order chi connectivity index (χ0) is 11.5. The largest absolute Gasteiger partial charge is 0.393 e. The van der Waals surface area contributed by atoms with Crippen molar-refractivity contribution in [2.24, 2.45) is 0 Å². The first-order valence-electron chi connectivity index (χ1n) is 5.04. The summed E-state index contributed by atoms with van der Waals surface area (Å²) in [6.45, 7) is 7.93. The van der Waals surface area contributed by atoms with E-state index in [1.54, 1.807) is 0 Å². The SMILES string of the molecule is C=C(C(O)CO)[Si](C)(C)c1ccccc1. The third-order valence-corrected chi connectivity index (χ3v) is 6.59. The van der Waals surface area contributed by atoms with Gasteiger partial charge in [0.2, 0.25) is 0 Å². The second kappa shape index (κ2) is 4.75. The Morgan fingerprint density at radius 2 is 1.87 bits per heavy atom. The second-order valence-corrected chi connectivity index (χ2v) is 8.68. The zero-order valence-electron chi connectivity index (χ0n) is 9.27. The quantitative estimate of drug-likeness (QED) is 0.748. The van der Waals surface area contributed by atoms with E-state index in [1.807, 2.05) is 18.2 Å². The van der Waals surface area contributed by atoms with E-state index in [0.29, 0.717) is 0 Å². The molecule has 1 aromatic rings. The Morgan fingerprint density at radius 3 is 2.33 bits per heavy atom. The van der Waals surface area contributed by atoms with E-state index in [9.17, 15) is 5.11 Å². The van der Waals surface area contributed by atoms with Crippen LogP contribution in [0.25, 0.3) is 0 Å². The zero-order valence-corrected chi connectivity index (χ0v) is 10.3. The Kier molecular flexibility index (Phi) is 3.85. The predicted octanol–water partition coefficient (Wildman–Crippen LogP) is 1.05. The molecule has 0 amide bonds. The van der Waals surface area contributed by atoms with Crippen LogP contribution in [0.4, 0.5) is 0 Å². The lowest BCUT2D eigenvalue weighted by Crippen LogP contribution is -2.47. The molecule has 82 valence electrons. The lowest BCUT2D eigenvalue weighted by Gasteiger charge is -2.28. The minimum Gasteiger partial charge on any atom is -0.393 e. The van der Waals surface area contributed by atoms with Crippen molar-refractivity contribution in [3.05, 3.63) is 42.1 Å². The van der Waals surface area contributed by atoms with Crippen LogP contribution in [0.15, 0.2) is 42.1 Å². The highest BCUT2D eigenvalue weighted by Crippen LogP contribution is 2.16. The number of aliphatic hydroxyl groups excluding tert-OH is 2. The summed E-state index contributed by atoms with van der Waals surface area (Å²) in [7, 11) is -1.87. The molecule has 1 atom stereocenters. The summed E-state index contributed by atoms with van der Waals surface area (Å²) in [5.74, 6) is 0. The molecule has 2 nitrogen and oxygen atoms in total. The van der Waals surface area contributed by atoms with Gasteiger partial charge >= 0.3 is 0 Å². The summed E-state index contributed by atoms with van der Waals surface area (Å²) >= 11 is 0. The first kappa shape index (κ1) is 12.2. The molecule has 0 bridgehead atoms. The number of aliphatic hydroxyl groups is 2. The molecule has 0 aliphatic rings. The Balaban J connectivity index is 2.98. The van der Waals surface area contributed by atoms with Gasteiger partial charge in [0, 0.05) is 0 Å². The van der Waals surface area contributed by atoms with Gasteiger partial charge in [-0.1, -0.05) is 53.8 Å². The van der Waals surface area contributed by atoms with Crippen LogP contribution < -0.4 is 5.19 Å². The Labute approximate surface area is 91.9 Å². The molecule has 1 rings (SSSR count). The van der Waals surface area contributed by atoms with Crippen LogP contribution in [0.5, 0.6) is 0 Å². The molecule has 1 unspecified atom stereocenters. The first-order valence-corrected chi connectivity index (χ1v) is 8.04. The van der Waals surface area contributed by atoms with Gasteiger partial charge in [-0.05, 0) is 0 Å². The molecule has 2 N–H and O–H groups in total. The van der Waals surface area contributed by atoms with Crippen LogP contribution in [0.3, 0.4) is 0 Å². The second-order valence-electron chi connectivity index (χ2n) is 4.21. The number of hydrogen-bond donors (Lipinski definition) is 2. The van der Waals surface area contributed by atoms with E-state index in [-0.39, 0.29) is 6.61 Å². The fraction of sp³-hybridized carbons (Fsp3) is 0.333. The molecule has 0 aromatic heterocycles. The lowest BCUT2D eigenvalue weighted by atomic mass is 10.4. The molecule has 0 aliphatic heterocycles. The molecular weight excluding hydrogens is 204 g/mol. The summed E-state index contributed by atoms with van der Waals surface area (Å²) in [5.41, 5.74) is 0. The maximum Gasteiger partial charge on any atom is 0.110 e. The Hall–Kier alpha value is -0.903. The molecule has 0 aliphatic carbocycles. The smallest absolute Gasteiger partial charge is 0.110 e. The van der Waals surface area contributed by atoms with Gasteiger partial charge < -0.3 is 10.2 Å². The van der Waals surface area contributed by atoms with Gasteiger partial charge in [0.25, 0.3) is 0 Å². The van der Waals surface area contributed by atoms with Gasteiger partial charge in [-0.2, -0.15) is 0 Å². The molecule has 0 radical (unpaired) electrons. The molecule has 0 saturated heterocycles. The summed E-state index contributed by atoms with van der Waals surface area (Å²) in [4.78, 5) is 0. The standard InChI is InChI=1S/C12H18O2Si/c1-10(12(14)9-13)15(2,3)11-7-5-4-6-8-11/h4-8,12-14H,1,9H2,2-3H3. The van der Waals surface area contributed by atoms with Crippen molar-refractivity contribution >= 4 is 13.3 Å². The Morgan fingerprint density at radius 1 is 1.33 bits per heavy atom. The van der Waals surface area contributed by atoms with Crippen molar-refractivity contribution in [3.8, 4) is 0 Å². The minimum absolute atomic E-state index is 0.248. The van der Waals surface area contributed by atoms with Crippen molar-refractivity contribution in [1.29, 1.82) is 0 Å². The van der Waals surface area contributed by atoms with Gasteiger partial charge in [0.15, 0.2) is 0 Å². The van der Waals surface area contributed by atoms with Crippen molar-refractivity contribution in [1.82, 2.24) is 0 Å². The molecule has 3 heteroatoms. The number of rotatable bonds is 4. The fourth-order valence-electron chi connectivity index (χ4n) is 1.57. The highest BCUT2D eigenvalue weighted by Gasteiger charge is 2.30. The summed E-state index contributed by atoms with van der Waals surface area (Å²) in [6, 6.07) is 10.1. The summed E-state index contributed by atoms with van der Waals surface area (Å²) in [5, 5.41) is 20.5. The molecular formula is C12H18O2Si. The molecule has 1 aromatic carbocycles. The van der Waals surface area contributed by atoms with Gasteiger partial charge in [0.1, 0.15) is 8.07 Å². The van der Waals surface area contributed by atoms with Crippen LogP contribution in [-0.2, 0) is 0 Å². The van der Waals surface area contributed by atoms with E-state index < -0.39 is 14.2 Å². The van der Waals surface area contributed by atoms with Gasteiger partial charge in [0.05, 0.1) is 12.7 Å². The highest BCUT2D eigenvalue weighted by atomic mass is 28.3. The van der Waals surface area contributed by atoms with E-state index in [0.717, 1.165) is 5.20 Å².